The van der Waals surface area contributed by atoms with Crippen molar-refractivity contribution in [3.8, 4) is 0 Å². The van der Waals surface area contributed by atoms with Crippen LogP contribution in [0.2, 0.25) is 0 Å². The van der Waals surface area contributed by atoms with Gasteiger partial charge < -0.3 is 10.6 Å². The van der Waals surface area contributed by atoms with Crippen molar-refractivity contribution in [3.63, 3.8) is 0 Å². The first-order valence-corrected chi connectivity index (χ1v) is 9.67. The van der Waals surface area contributed by atoms with E-state index in [2.05, 4.69) is 28.5 Å². The van der Waals surface area contributed by atoms with Gasteiger partial charge in [-0.2, -0.15) is 0 Å². The van der Waals surface area contributed by atoms with Crippen molar-refractivity contribution in [1.29, 1.82) is 0 Å². The molecule has 0 unspecified atom stereocenters. The van der Waals surface area contributed by atoms with Gasteiger partial charge in [0.25, 0.3) is 0 Å². The van der Waals surface area contributed by atoms with E-state index < -0.39 is 0 Å². The van der Waals surface area contributed by atoms with Gasteiger partial charge in [0.2, 0.25) is 0 Å². The monoisotopic (exact) mass is 327 g/mol. The predicted octanol–water partition coefficient (Wildman–Crippen LogP) is 3.92. The molecular weight excluding hydrogens is 298 g/mol. The maximum Gasteiger partial charge on any atom is 0.319 e. The van der Waals surface area contributed by atoms with E-state index in [1.165, 1.54) is 37.7 Å². The summed E-state index contributed by atoms with van der Waals surface area (Å²) >= 11 is 0. The Kier molecular flexibility index (Phi) is 4.49. The van der Waals surface area contributed by atoms with Gasteiger partial charge in [0.05, 0.1) is 0 Å². The van der Waals surface area contributed by atoms with Crippen molar-refractivity contribution in [3.05, 3.63) is 29.8 Å². The van der Waals surface area contributed by atoms with Crippen LogP contribution in [0.4, 0.5) is 10.5 Å². The third-order valence-electron chi connectivity index (χ3n) is 5.98. The van der Waals surface area contributed by atoms with Gasteiger partial charge in [0.1, 0.15) is 0 Å². The van der Waals surface area contributed by atoms with Gasteiger partial charge in [-0.15, -0.1) is 0 Å². The highest BCUT2D eigenvalue weighted by atomic mass is 16.2. The first-order chi connectivity index (χ1) is 11.7. The number of urea groups is 1. The molecule has 1 aliphatic carbocycles. The molecular formula is C20H29N3O. The average molecular weight is 327 g/mol. The van der Waals surface area contributed by atoms with E-state index in [4.69, 9.17) is 0 Å². The lowest BCUT2D eigenvalue weighted by atomic mass is 9.81. The average Bonchev–Trinajstić information content (AvgIpc) is 3.39. The summed E-state index contributed by atoms with van der Waals surface area (Å²) in [5.41, 5.74) is 2.13. The Labute approximate surface area is 145 Å². The summed E-state index contributed by atoms with van der Waals surface area (Å²) in [6.45, 7) is 2.12. The maximum absolute atomic E-state index is 12.5. The van der Waals surface area contributed by atoms with E-state index >= 15 is 0 Å². The van der Waals surface area contributed by atoms with Crippen LogP contribution >= 0.6 is 0 Å². The number of benzene rings is 1. The largest absolute Gasteiger partial charge is 0.335 e. The number of aryl methyl sites for hydroxylation is 1. The first kappa shape index (κ1) is 15.9. The lowest BCUT2D eigenvalue weighted by Gasteiger charge is -2.49. The van der Waals surface area contributed by atoms with E-state index in [1.807, 2.05) is 18.2 Å². The van der Waals surface area contributed by atoms with Crippen molar-refractivity contribution in [1.82, 2.24) is 10.2 Å². The van der Waals surface area contributed by atoms with Gasteiger partial charge in [0.15, 0.2) is 0 Å². The zero-order chi connectivity index (χ0) is 16.5. The molecule has 0 spiro atoms. The fraction of sp³-hybridized carbons (Fsp3) is 0.650. The van der Waals surface area contributed by atoms with Crippen LogP contribution in [0.25, 0.3) is 0 Å². The van der Waals surface area contributed by atoms with Crippen LogP contribution in [0.1, 0.15) is 57.4 Å². The highest BCUT2D eigenvalue weighted by Gasteiger charge is 2.45. The Morgan fingerprint density at radius 1 is 1.08 bits per heavy atom. The highest BCUT2D eigenvalue weighted by molar-refractivity contribution is 5.90. The van der Waals surface area contributed by atoms with Crippen molar-refractivity contribution in [2.24, 2.45) is 0 Å². The quantitative estimate of drug-likeness (QED) is 0.880. The zero-order valence-electron chi connectivity index (χ0n) is 14.6. The summed E-state index contributed by atoms with van der Waals surface area (Å²) in [5, 5.41) is 6.31. The van der Waals surface area contributed by atoms with Crippen LogP contribution in [-0.4, -0.2) is 35.1 Å². The molecule has 1 saturated carbocycles. The number of piperidine rings is 2. The molecule has 3 fully saturated rings. The number of nitrogens with one attached hydrogen (secondary N) is 2. The number of anilines is 1. The Bertz CT molecular complexity index is 584. The first-order valence-electron chi connectivity index (χ1n) is 9.67. The van der Waals surface area contributed by atoms with E-state index in [-0.39, 0.29) is 6.03 Å². The van der Waals surface area contributed by atoms with Crippen LogP contribution in [0.5, 0.6) is 0 Å². The minimum atomic E-state index is -0.0427. The lowest BCUT2D eigenvalue weighted by Crippen LogP contribution is -2.58. The van der Waals surface area contributed by atoms with Crippen LogP contribution < -0.4 is 10.6 Å². The topological polar surface area (TPSA) is 44.4 Å². The van der Waals surface area contributed by atoms with Gasteiger partial charge in [0, 0.05) is 29.9 Å². The van der Waals surface area contributed by atoms with Gasteiger partial charge >= 0.3 is 6.03 Å². The molecule has 2 heterocycles. The molecule has 24 heavy (non-hydrogen) atoms. The van der Waals surface area contributed by atoms with Gasteiger partial charge in [-0.3, -0.25) is 4.90 Å². The fourth-order valence-electron chi connectivity index (χ4n) is 4.80. The third kappa shape index (κ3) is 3.30. The molecule has 2 saturated heterocycles. The maximum atomic E-state index is 12.5. The second-order valence-corrected chi connectivity index (χ2v) is 7.69. The van der Waals surface area contributed by atoms with E-state index in [9.17, 15) is 4.79 Å². The second kappa shape index (κ2) is 6.75. The minimum absolute atomic E-state index is 0.0427. The number of para-hydroxylation sites is 1. The lowest BCUT2D eigenvalue weighted by molar-refractivity contribution is 0.0198. The predicted molar refractivity (Wildman–Crippen MR) is 97.3 cm³/mol. The van der Waals surface area contributed by atoms with Crippen LogP contribution in [0.15, 0.2) is 24.3 Å². The molecule has 2 bridgehead atoms. The number of rotatable bonds is 4. The number of carbonyl (C=O) groups excluding carboxylic acids is 1. The number of fused-ring (bicyclic) bond motifs is 2. The summed E-state index contributed by atoms with van der Waals surface area (Å²) < 4.78 is 0. The van der Waals surface area contributed by atoms with Gasteiger partial charge in [-0.1, -0.05) is 31.5 Å². The summed E-state index contributed by atoms with van der Waals surface area (Å²) in [6, 6.07) is 10.6. The van der Waals surface area contributed by atoms with E-state index in [0.717, 1.165) is 31.0 Å². The second-order valence-electron chi connectivity index (χ2n) is 7.69. The molecule has 4 heteroatoms. The fourth-order valence-corrected chi connectivity index (χ4v) is 4.80. The number of hydrogen-bond donors (Lipinski definition) is 2. The molecule has 4 nitrogen and oxygen atoms in total. The molecule has 1 aromatic rings. The van der Waals surface area contributed by atoms with Crippen molar-refractivity contribution < 1.29 is 4.79 Å². The van der Waals surface area contributed by atoms with Crippen molar-refractivity contribution >= 4 is 11.7 Å². The van der Waals surface area contributed by atoms with Crippen molar-refractivity contribution in [2.45, 2.75) is 82.5 Å². The SMILES string of the molecule is CCc1ccccc1NC(=O)NC1C[C@H]2CCC[C@H](C1)N2C1CC1. The highest BCUT2D eigenvalue weighted by Crippen LogP contribution is 2.41. The Morgan fingerprint density at radius 3 is 2.46 bits per heavy atom. The number of amides is 2. The van der Waals surface area contributed by atoms with E-state index in [1.54, 1.807) is 0 Å². The zero-order valence-corrected chi connectivity index (χ0v) is 14.6. The Hall–Kier alpha value is -1.55. The number of hydrogen-bond acceptors (Lipinski definition) is 2. The molecule has 0 radical (unpaired) electrons. The molecule has 2 N–H and O–H groups in total. The molecule has 2 atom stereocenters. The Balaban J connectivity index is 1.36. The molecule has 2 aliphatic heterocycles. The molecule has 1 aromatic carbocycles. The van der Waals surface area contributed by atoms with Crippen LogP contribution in [0, 0.1) is 0 Å². The number of nitrogens with zero attached hydrogens (tertiary/aromatic N) is 1. The molecule has 2 amide bonds. The van der Waals surface area contributed by atoms with Crippen molar-refractivity contribution in [2.75, 3.05) is 5.32 Å². The summed E-state index contributed by atoms with van der Waals surface area (Å²) in [4.78, 5) is 15.3. The normalized spacial score (nSPS) is 30.0. The number of carbonyl (C=O) groups is 1. The molecule has 4 rings (SSSR count). The summed E-state index contributed by atoms with van der Waals surface area (Å²) in [7, 11) is 0. The van der Waals surface area contributed by atoms with Crippen LogP contribution in [0.3, 0.4) is 0 Å². The summed E-state index contributed by atoms with van der Waals surface area (Å²) in [5.74, 6) is 0. The van der Waals surface area contributed by atoms with Gasteiger partial charge in [-0.25, -0.2) is 4.79 Å². The third-order valence-corrected chi connectivity index (χ3v) is 5.98. The standard InChI is InChI=1S/C20H29N3O/c1-2-14-6-3-4-9-19(14)22-20(24)21-15-12-17-7-5-8-18(13-15)23(17)16-10-11-16/h3-4,6,9,15-18H,2,5,7-8,10-13H2,1H3,(H2,21,22,24)/t17-,18-/m1/s1. The molecule has 130 valence electrons. The van der Waals surface area contributed by atoms with Crippen LogP contribution in [-0.2, 0) is 6.42 Å². The van der Waals surface area contributed by atoms with E-state index in [0.29, 0.717) is 18.1 Å². The van der Waals surface area contributed by atoms with Gasteiger partial charge in [-0.05, 0) is 56.6 Å². The minimum Gasteiger partial charge on any atom is -0.335 e. The molecule has 0 aromatic heterocycles. The summed E-state index contributed by atoms with van der Waals surface area (Å²) in [6.07, 6.45) is 9.93. The molecule has 3 aliphatic rings. The Morgan fingerprint density at radius 2 is 1.79 bits per heavy atom. The smallest absolute Gasteiger partial charge is 0.319 e.